The van der Waals surface area contributed by atoms with E-state index in [9.17, 15) is 8.42 Å². The fourth-order valence-corrected chi connectivity index (χ4v) is 2.69. The van der Waals surface area contributed by atoms with Crippen LogP contribution in [0.5, 0.6) is 0 Å². The van der Waals surface area contributed by atoms with Gasteiger partial charge in [-0.25, -0.2) is 0 Å². The van der Waals surface area contributed by atoms with Crippen LogP contribution in [0.25, 0.3) is 0 Å². The molecule has 0 aromatic heterocycles. The minimum atomic E-state index is -4.05. The minimum absolute atomic E-state index is 0.0818. The maximum atomic E-state index is 11.0. The van der Waals surface area contributed by atoms with Crippen molar-refractivity contribution in [3.63, 3.8) is 0 Å². The smallest absolute Gasteiger partial charge is 0.319 e. The second-order valence-electron chi connectivity index (χ2n) is 3.41. The Labute approximate surface area is 85.7 Å². The van der Waals surface area contributed by atoms with Crippen molar-refractivity contribution < 1.29 is 22.6 Å². The third kappa shape index (κ3) is 2.91. The van der Waals surface area contributed by atoms with E-state index in [1.165, 1.54) is 6.92 Å². The van der Waals surface area contributed by atoms with Gasteiger partial charge in [0.05, 0.1) is 19.7 Å². The first-order valence-electron chi connectivity index (χ1n) is 4.77. The molecule has 0 aliphatic heterocycles. The molecular formula is C8H20NO4S+. The van der Waals surface area contributed by atoms with E-state index < -0.39 is 15.5 Å². The summed E-state index contributed by atoms with van der Waals surface area (Å²) in [6.45, 7) is 6.56. The molecule has 0 heterocycles. The molecule has 0 aliphatic rings. The van der Waals surface area contributed by atoms with Crippen LogP contribution in [-0.4, -0.2) is 54.2 Å². The van der Waals surface area contributed by atoms with Crippen LogP contribution in [0.3, 0.4) is 0 Å². The Morgan fingerprint density at radius 1 is 1.29 bits per heavy atom. The van der Waals surface area contributed by atoms with Crippen molar-refractivity contribution in [2.45, 2.75) is 26.1 Å². The predicted molar refractivity (Wildman–Crippen MR) is 54.3 cm³/mol. The molecule has 2 N–H and O–H groups in total. The molecule has 86 valence electrons. The van der Waals surface area contributed by atoms with Crippen LogP contribution in [0, 0.1) is 0 Å². The van der Waals surface area contributed by atoms with E-state index in [0.29, 0.717) is 19.6 Å². The SMILES string of the molecule is CC[N+](CC)(CCO)C(C)S(=O)(=O)O. The van der Waals surface area contributed by atoms with Gasteiger partial charge >= 0.3 is 10.1 Å². The van der Waals surface area contributed by atoms with Crippen LogP contribution in [0.4, 0.5) is 0 Å². The number of hydrogen-bond donors (Lipinski definition) is 2. The second-order valence-corrected chi connectivity index (χ2v) is 5.12. The zero-order valence-corrected chi connectivity index (χ0v) is 9.79. The van der Waals surface area contributed by atoms with Crippen molar-refractivity contribution in [2.24, 2.45) is 0 Å². The molecule has 0 radical (unpaired) electrons. The molecule has 0 spiro atoms. The van der Waals surface area contributed by atoms with Crippen molar-refractivity contribution in [2.75, 3.05) is 26.2 Å². The molecule has 0 saturated heterocycles. The Kier molecular flexibility index (Phi) is 5.00. The van der Waals surface area contributed by atoms with Crippen molar-refractivity contribution >= 4 is 10.1 Å². The largest absolute Gasteiger partial charge is 0.391 e. The molecular weight excluding hydrogens is 206 g/mol. The van der Waals surface area contributed by atoms with E-state index >= 15 is 0 Å². The van der Waals surface area contributed by atoms with E-state index in [-0.39, 0.29) is 11.1 Å². The number of quaternary nitrogens is 1. The number of rotatable bonds is 6. The molecule has 0 aromatic carbocycles. The summed E-state index contributed by atoms with van der Waals surface area (Å²) in [7, 11) is -4.05. The highest BCUT2D eigenvalue weighted by Crippen LogP contribution is 2.17. The molecule has 0 rings (SSSR count). The van der Waals surface area contributed by atoms with Gasteiger partial charge in [0.1, 0.15) is 6.54 Å². The third-order valence-corrected chi connectivity index (χ3v) is 4.32. The minimum Gasteiger partial charge on any atom is -0.391 e. The molecule has 5 nitrogen and oxygen atoms in total. The lowest BCUT2D eigenvalue weighted by Crippen LogP contribution is -2.58. The molecule has 1 unspecified atom stereocenters. The molecule has 0 saturated carbocycles. The lowest BCUT2D eigenvalue weighted by Gasteiger charge is -2.39. The fourth-order valence-electron chi connectivity index (χ4n) is 1.72. The normalized spacial score (nSPS) is 15.5. The maximum absolute atomic E-state index is 11.0. The van der Waals surface area contributed by atoms with Gasteiger partial charge < -0.3 is 9.59 Å². The van der Waals surface area contributed by atoms with Crippen molar-refractivity contribution in [3.8, 4) is 0 Å². The number of nitrogens with zero attached hydrogens (tertiary/aromatic N) is 1. The summed E-state index contributed by atoms with van der Waals surface area (Å²) < 4.78 is 31.2. The van der Waals surface area contributed by atoms with Gasteiger partial charge in [-0.1, -0.05) is 0 Å². The van der Waals surface area contributed by atoms with Gasteiger partial charge in [-0.15, -0.1) is 0 Å². The Hall–Kier alpha value is -0.170. The van der Waals surface area contributed by atoms with Crippen LogP contribution >= 0.6 is 0 Å². The maximum Gasteiger partial charge on any atom is 0.319 e. The fraction of sp³-hybridized carbons (Fsp3) is 1.00. The highest BCUT2D eigenvalue weighted by Gasteiger charge is 2.38. The molecule has 0 aromatic rings. The average molecular weight is 226 g/mol. The van der Waals surface area contributed by atoms with Gasteiger partial charge in [-0.3, -0.25) is 4.55 Å². The monoisotopic (exact) mass is 226 g/mol. The average Bonchev–Trinajstić information content (AvgIpc) is 2.12. The molecule has 14 heavy (non-hydrogen) atoms. The third-order valence-electron chi connectivity index (χ3n) is 3.01. The predicted octanol–water partition coefficient (Wildman–Crippen LogP) is 0.0691. The van der Waals surface area contributed by atoms with E-state index in [1.807, 2.05) is 13.8 Å². The van der Waals surface area contributed by atoms with E-state index in [0.717, 1.165) is 0 Å². The quantitative estimate of drug-likeness (QED) is 0.496. The van der Waals surface area contributed by atoms with Gasteiger partial charge in [0, 0.05) is 6.92 Å². The van der Waals surface area contributed by atoms with Gasteiger partial charge in [-0.05, 0) is 13.8 Å². The lowest BCUT2D eigenvalue weighted by molar-refractivity contribution is -0.934. The summed E-state index contributed by atoms with van der Waals surface area (Å²) in [4.78, 5) is 0. The summed E-state index contributed by atoms with van der Waals surface area (Å²) >= 11 is 0. The van der Waals surface area contributed by atoms with Gasteiger partial charge in [0.2, 0.25) is 5.37 Å². The first-order chi connectivity index (χ1) is 6.34. The van der Waals surface area contributed by atoms with Crippen LogP contribution in [0.2, 0.25) is 0 Å². The van der Waals surface area contributed by atoms with Crippen LogP contribution in [0.1, 0.15) is 20.8 Å². The number of likely N-dealkylation sites (N-methyl/N-ethyl adjacent to an activating group) is 1. The molecule has 1 atom stereocenters. The summed E-state index contributed by atoms with van der Waals surface area (Å²) in [5, 5.41) is 8.00. The van der Waals surface area contributed by atoms with Crippen LogP contribution < -0.4 is 0 Å². The van der Waals surface area contributed by atoms with Gasteiger partial charge in [0.15, 0.2) is 0 Å². The molecule has 0 bridgehead atoms. The van der Waals surface area contributed by atoms with Crippen molar-refractivity contribution in [1.82, 2.24) is 0 Å². The summed E-state index contributed by atoms with van der Waals surface area (Å²) in [5.41, 5.74) is 0. The van der Waals surface area contributed by atoms with Gasteiger partial charge in [-0.2, -0.15) is 8.42 Å². The Balaban J connectivity index is 4.98. The van der Waals surface area contributed by atoms with E-state index in [1.54, 1.807) is 0 Å². The topological polar surface area (TPSA) is 74.6 Å². The number of hydrogen-bond acceptors (Lipinski definition) is 3. The molecule has 0 aliphatic carbocycles. The highest BCUT2D eigenvalue weighted by atomic mass is 32.2. The zero-order chi connectivity index (χ0) is 11.4. The second kappa shape index (κ2) is 5.06. The Bertz CT molecular complexity index is 259. The molecule has 0 amide bonds. The standard InChI is InChI=1S/C8H19NO4S/c1-4-9(5-2,6-7-10)8(3)14(11,12)13/h8,10H,4-7H2,1-3H3/p+1. The number of aliphatic hydroxyl groups is 1. The Morgan fingerprint density at radius 3 is 1.93 bits per heavy atom. The first kappa shape index (κ1) is 13.8. The molecule has 0 fully saturated rings. The summed E-state index contributed by atoms with van der Waals surface area (Å²) in [6.07, 6.45) is 0. The molecule has 6 heteroatoms. The lowest BCUT2D eigenvalue weighted by atomic mass is 10.3. The van der Waals surface area contributed by atoms with E-state index in [2.05, 4.69) is 0 Å². The summed E-state index contributed by atoms with van der Waals surface area (Å²) in [6, 6.07) is 0. The van der Waals surface area contributed by atoms with E-state index in [4.69, 9.17) is 9.66 Å². The summed E-state index contributed by atoms with van der Waals surface area (Å²) in [5.74, 6) is 0. The van der Waals surface area contributed by atoms with Crippen molar-refractivity contribution in [3.05, 3.63) is 0 Å². The Morgan fingerprint density at radius 2 is 1.71 bits per heavy atom. The zero-order valence-electron chi connectivity index (χ0n) is 8.97. The highest BCUT2D eigenvalue weighted by molar-refractivity contribution is 7.86. The van der Waals surface area contributed by atoms with Crippen LogP contribution in [0.15, 0.2) is 0 Å². The van der Waals surface area contributed by atoms with Crippen molar-refractivity contribution in [1.29, 1.82) is 0 Å². The first-order valence-corrected chi connectivity index (χ1v) is 6.27. The van der Waals surface area contributed by atoms with Gasteiger partial charge in [0.25, 0.3) is 0 Å². The van der Waals surface area contributed by atoms with Crippen LogP contribution in [-0.2, 0) is 10.1 Å². The number of aliphatic hydroxyl groups excluding tert-OH is 1.